The number of nitrogens with zero attached hydrogens (tertiary/aromatic N) is 1. The van der Waals surface area contributed by atoms with E-state index in [2.05, 4.69) is 5.32 Å². The number of rotatable bonds is 10. The molecule has 0 aromatic heterocycles. The van der Waals surface area contributed by atoms with Crippen LogP contribution in [0.15, 0.2) is 77.7 Å². The number of nitrogens with one attached hydrogen (secondary N) is 1. The first-order valence-corrected chi connectivity index (χ1v) is 11.9. The van der Waals surface area contributed by atoms with Crippen LogP contribution in [0, 0.1) is 13.8 Å². The van der Waals surface area contributed by atoms with E-state index in [9.17, 15) is 13.2 Å². The lowest BCUT2D eigenvalue weighted by Crippen LogP contribution is -2.42. The van der Waals surface area contributed by atoms with Gasteiger partial charge in [0.05, 0.1) is 24.2 Å². The first-order chi connectivity index (χ1) is 15.8. The van der Waals surface area contributed by atoms with Gasteiger partial charge in [0.2, 0.25) is 5.91 Å². The molecule has 8 heteroatoms. The summed E-state index contributed by atoms with van der Waals surface area (Å²) in [7, 11) is -2.55. The Bertz CT molecular complexity index is 1200. The molecule has 0 bridgehead atoms. The zero-order valence-corrected chi connectivity index (χ0v) is 19.8. The summed E-state index contributed by atoms with van der Waals surface area (Å²) in [4.78, 5) is 12.8. The van der Waals surface area contributed by atoms with Gasteiger partial charge in [-0.15, -0.1) is 0 Å². The van der Waals surface area contributed by atoms with E-state index in [1.807, 2.05) is 44.2 Å². The Hall–Kier alpha value is -3.52. The highest BCUT2D eigenvalue weighted by Crippen LogP contribution is 2.33. The van der Waals surface area contributed by atoms with Gasteiger partial charge in [0.15, 0.2) is 0 Å². The highest BCUT2D eigenvalue weighted by atomic mass is 32.2. The molecule has 0 saturated carbocycles. The van der Waals surface area contributed by atoms with Crippen molar-refractivity contribution in [2.75, 3.05) is 31.1 Å². The highest BCUT2D eigenvalue weighted by molar-refractivity contribution is 7.92. The average molecular weight is 469 g/mol. The summed E-state index contributed by atoms with van der Waals surface area (Å²) in [6.07, 6.45) is 0. The number of carbonyl (C=O) groups excluding carboxylic acids is 1. The third-order valence-electron chi connectivity index (χ3n) is 5.00. The Labute approximate surface area is 195 Å². The molecule has 3 aromatic carbocycles. The second-order valence-corrected chi connectivity index (χ2v) is 9.33. The van der Waals surface area contributed by atoms with Gasteiger partial charge in [-0.3, -0.25) is 9.10 Å². The Balaban J connectivity index is 1.78. The zero-order valence-electron chi connectivity index (χ0n) is 18.9. The molecule has 0 spiro atoms. The molecule has 33 heavy (non-hydrogen) atoms. The van der Waals surface area contributed by atoms with E-state index in [1.165, 1.54) is 19.2 Å². The molecule has 0 radical (unpaired) electrons. The van der Waals surface area contributed by atoms with Crippen LogP contribution in [0.2, 0.25) is 0 Å². The number of anilines is 1. The smallest absolute Gasteiger partial charge is 0.264 e. The first-order valence-electron chi connectivity index (χ1n) is 10.5. The molecule has 3 rings (SSSR count). The van der Waals surface area contributed by atoms with Crippen molar-refractivity contribution in [3.63, 3.8) is 0 Å². The lowest BCUT2D eigenvalue weighted by Gasteiger charge is -2.26. The number of carbonyl (C=O) groups is 1. The molecule has 0 atom stereocenters. The van der Waals surface area contributed by atoms with Crippen molar-refractivity contribution in [1.82, 2.24) is 5.32 Å². The average Bonchev–Trinajstić information content (AvgIpc) is 2.82. The van der Waals surface area contributed by atoms with Crippen molar-refractivity contribution in [3.8, 4) is 11.5 Å². The number of hydrogen-bond donors (Lipinski definition) is 1. The number of ether oxygens (including phenoxy) is 2. The SMILES string of the molecule is COc1ccc(C)cc1N(CC(=O)NCCOc1ccccc1C)S(=O)(=O)c1ccccc1. The maximum atomic E-state index is 13.5. The van der Waals surface area contributed by atoms with Crippen LogP contribution in [-0.2, 0) is 14.8 Å². The number of hydrogen-bond acceptors (Lipinski definition) is 5. The lowest BCUT2D eigenvalue weighted by atomic mass is 10.2. The third kappa shape index (κ3) is 6.04. The van der Waals surface area contributed by atoms with Gasteiger partial charge < -0.3 is 14.8 Å². The molecule has 0 aliphatic heterocycles. The van der Waals surface area contributed by atoms with Crippen molar-refractivity contribution >= 4 is 21.6 Å². The normalized spacial score (nSPS) is 11.0. The summed E-state index contributed by atoms with van der Waals surface area (Å²) in [5.41, 5.74) is 2.13. The minimum absolute atomic E-state index is 0.0873. The van der Waals surface area contributed by atoms with E-state index in [0.717, 1.165) is 21.2 Å². The Morgan fingerprint density at radius 2 is 1.64 bits per heavy atom. The number of para-hydroxylation sites is 1. The maximum Gasteiger partial charge on any atom is 0.264 e. The molecule has 0 heterocycles. The maximum absolute atomic E-state index is 13.5. The topological polar surface area (TPSA) is 84.9 Å². The minimum Gasteiger partial charge on any atom is -0.495 e. The molecule has 0 aliphatic rings. The fraction of sp³-hybridized carbons (Fsp3) is 0.240. The van der Waals surface area contributed by atoms with Gasteiger partial charge in [0, 0.05) is 0 Å². The summed E-state index contributed by atoms with van der Waals surface area (Å²) in [5.74, 6) is 0.645. The van der Waals surface area contributed by atoms with Crippen LogP contribution in [0.3, 0.4) is 0 Å². The zero-order chi connectivity index (χ0) is 23.8. The predicted molar refractivity (Wildman–Crippen MR) is 128 cm³/mol. The standard InChI is InChI=1S/C25H28N2O5S/c1-19-13-14-24(31-3)22(17-19)27(33(29,30)21-10-5-4-6-11-21)18-25(28)26-15-16-32-23-12-8-7-9-20(23)2/h4-14,17H,15-16,18H2,1-3H3,(H,26,28). The number of aryl methyl sites for hydroxylation is 2. The van der Waals surface area contributed by atoms with E-state index in [1.54, 1.807) is 30.3 Å². The van der Waals surface area contributed by atoms with Gasteiger partial charge in [-0.2, -0.15) is 0 Å². The van der Waals surface area contributed by atoms with Crippen LogP contribution in [0.25, 0.3) is 0 Å². The summed E-state index contributed by atoms with van der Waals surface area (Å²) >= 11 is 0. The van der Waals surface area contributed by atoms with Crippen molar-refractivity contribution < 1.29 is 22.7 Å². The van der Waals surface area contributed by atoms with Crippen molar-refractivity contribution in [2.24, 2.45) is 0 Å². The number of sulfonamides is 1. The second-order valence-electron chi connectivity index (χ2n) is 7.46. The van der Waals surface area contributed by atoms with Crippen molar-refractivity contribution in [2.45, 2.75) is 18.7 Å². The van der Waals surface area contributed by atoms with Gasteiger partial charge in [0.25, 0.3) is 10.0 Å². The van der Waals surface area contributed by atoms with E-state index in [4.69, 9.17) is 9.47 Å². The minimum atomic E-state index is -4.02. The molecule has 3 aromatic rings. The summed E-state index contributed by atoms with van der Waals surface area (Å²) < 4.78 is 39.1. The second kappa shape index (κ2) is 10.9. The molecule has 0 fully saturated rings. The van der Waals surface area contributed by atoms with Gasteiger partial charge >= 0.3 is 0 Å². The number of benzene rings is 3. The van der Waals surface area contributed by atoms with Crippen LogP contribution >= 0.6 is 0 Å². The van der Waals surface area contributed by atoms with Gasteiger partial charge in [-0.05, 0) is 55.3 Å². The Kier molecular flexibility index (Phi) is 7.95. The molecule has 0 saturated heterocycles. The molecule has 1 amide bonds. The molecular formula is C25H28N2O5S. The summed E-state index contributed by atoms with van der Waals surface area (Å²) in [5, 5.41) is 2.74. The lowest BCUT2D eigenvalue weighted by molar-refractivity contribution is -0.119. The first kappa shape index (κ1) is 24.1. The van der Waals surface area contributed by atoms with E-state index >= 15 is 0 Å². The third-order valence-corrected chi connectivity index (χ3v) is 6.77. The van der Waals surface area contributed by atoms with E-state index in [0.29, 0.717) is 11.4 Å². The largest absolute Gasteiger partial charge is 0.495 e. The molecule has 7 nitrogen and oxygen atoms in total. The van der Waals surface area contributed by atoms with Gasteiger partial charge in [-0.1, -0.05) is 42.5 Å². The fourth-order valence-corrected chi connectivity index (χ4v) is 4.71. The predicted octanol–water partition coefficient (Wildman–Crippen LogP) is 3.70. The van der Waals surface area contributed by atoms with Crippen LogP contribution in [0.1, 0.15) is 11.1 Å². The monoisotopic (exact) mass is 468 g/mol. The van der Waals surface area contributed by atoms with E-state index in [-0.39, 0.29) is 18.0 Å². The molecule has 174 valence electrons. The Morgan fingerprint density at radius 3 is 2.33 bits per heavy atom. The number of methoxy groups -OCH3 is 1. The summed E-state index contributed by atoms with van der Waals surface area (Å²) in [6, 6.07) is 20.8. The highest BCUT2D eigenvalue weighted by Gasteiger charge is 2.29. The molecule has 0 unspecified atom stereocenters. The molecule has 1 N–H and O–H groups in total. The molecule has 0 aliphatic carbocycles. The van der Waals surface area contributed by atoms with Crippen LogP contribution in [-0.4, -0.2) is 41.1 Å². The van der Waals surface area contributed by atoms with Crippen LogP contribution in [0.4, 0.5) is 5.69 Å². The van der Waals surface area contributed by atoms with Crippen molar-refractivity contribution in [1.29, 1.82) is 0 Å². The Morgan fingerprint density at radius 1 is 0.939 bits per heavy atom. The van der Waals surface area contributed by atoms with Crippen LogP contribution < -0.4 is 19.1 Å². The van der Waals surface area contributed by atoms with Gasteiger partial charge in [0.1, 0.15) is 24.7 Å². The van der Waals surface area contributed by atoms with Crippen molar-refractivity contribution in [3.05, 3.63) is 83.9 Å². The van der Waals surface area contributed by atoms with Crippen LogP contribution in [0.5, 0.6) is 11.5 Å². The quantitative estimate of drug-likeness (QED) is 0.459. The molecular weight excluding hydrogens is 440 g/mol. The van der Waals surface area contributed by atoms with E-state index < -0.39 is 22.5 Å². The van der Waals surface area contributed by atoms with Gasteiger partial charge in [-0.25, -0.2) is 8.42 Å². The number of amides is 1. The fourth-order valence-electron chi connectivity index (χ4n) is 3.27. The summed E-state index contributed by atoms with van der Waals surface area (Å²) in [6.45, 7) is 3.88.